The minimum atomic E-state index is -0.591. The molecule has 2 aromatic carbocycles. The molecule has 0 fully saturated rings. The third kappa shape index (κ3) is 3.24. The molecule has 0 saturated heterocycles. The Morgan fingerprint density at radius 2 is 1.95 bits per heavy atom. The minimum absolute atomic E-state index is 0.00769. The zero-order valence-electron chi connectivity index (χ0n) is 10.3. The first kappa shape index (κ1) is 14.3. The van der Waals surface area contributed by atoms with Crippen LogP contribution < -0.4 is 9.47 Å². The predicted molar refractivity (Wildman–Crippen MR) is 73.8 cm³/mol. The molecule has 0 N–H and O–H groups in total. The van der Waals surface area contributed by atoms with Gasteiger partial charge in [-0.15, -0.1) is 0 Å². The van der Waals surface area contributed by atoms with Crippen LogP contribution in [0.15, 0.2) is 40.9 Å². The first-order valence-corrected chi connectivity index (χ1v) is 6.25. The summed E-state index contributed by atoms with van der Waals surface area (Å²) in [4.78, 5) is 10.4. The highest BCUT2D eigenvalue weighted by molar-refractivity contribution is 9.10. The van der Waals surface area contributed by atoms with Crippen molar-refractivity contribution in [3.63, 3.8) is 0 Å². The lowest BCUT2D eigenvalue weighted by Gasteiger charge is -2.08. The summed E-state index contributed by atoms with van der Waals surface area (Å²) >= 11 is 3.12. The number of benzene rings is 2. The van der Waals surface area contributed by atoms with Gasteiger partial charge < -0.3 is 9.47 Å². The van der Waals surface area contributed by atoms with Crippen LogP contribution in [0.25, 0.3) is 0 Å². The molecule has 0 aliphatic carbocycles. The quantitative estimate of drug-likeness (QED) is 0.614. The van der Waals surface area contributed by atoms with Gasteiger partial charge in [0.05, 0.1) is 18.1 Å². The maximum atomic E-state index is 13.2. The number of nitro groups is 1. The van der Waals surface area contributed by atoms with Crippen molar-refractivity contribution in [2.24, 2.45) is 0 Å². The van der Waals surface area contributed by atoms with Crippen LogP contribution >= 0.6 is 15.9 Å². The fourth-order valence-electron chi connectivity index (χ4n) is 1.57. The number of ether oxygens (including phenoxy) is 2. The van der Waals surface area contributed by atoms with Gasteiger partial charge in [-0.1, -0.05) is 15.9 Å². The van der Waals surface area contributed by atoms with Crippen molar-refractivity contribution in [3.8, 4) is 17.2 Å². The van der Waals surface area contributed by atoms with E-state index in [0.717, 1.165) is 6.07 Å². The summed E-state index contributed by atoms with van der Waals surface area (Å²) in [6, 6.07) is 8.07. The Bertz CT molecular complexity index is 643. The van der Waals surface area contributed by atoms with Crippen LogP contribution in [0.1, 0.15) is 0 Å². The number of nitrogens with zero attached hydrogens (tertiary/aromatic N) is 1. The van der Waals surface area contributed by atoms with Gasteiger partial charge in [-0.05, 0) is 24.3 Å². The van der Waals surface area contributed by atoms with Crippen LogP contribution in [0.4, 0.5) is 10.1 Å². The number of nitro benzene ring substituents is 1. The van der Waals surface area contributed by atoms with E-state index in [2.05, 4.69) is 15.9 Å². The molecule has 0 saturated carbocycles. The van der Waals surface area contributed by atoms with E-state index in [-0.39, 0.29) is 17.2 Å². The zero-order chi connectivity index (χ0) is 14.7. The lowest BCUT2D eigenvalue weighted by molar-refractivity contribution is -0.385. The van der Waals surface area contributed by atoms with E-state index in [0.29, 0.717) is 10.2 Å². The SMILES string of the molecule is COc1ccc(Oc2cc(F)cc(Br)c2)c([N+](=O)[O-])c1. The molecule has 0 spiro atoms. The molecule has 0 aromatic heterocycles. The van der Waals surface area contributed by atoms with E-state index in [1.54, 1.807) is 0 Å². The molecule has 0 aliphatic heterocycles. The summed E-state index contributed by atoms with van der Waals surface area (Å²) in [6.45, 7) is 0. The summed E-state index contributed by atoms with van der Waals surface area (Å²) in [5.74, 6) is -0.00606. The van der Waals surface area contributed by atoms with Crippen LogP contribution in [-0.2, 0) is 0 Å². The third-order valence-electron chi connectivity index (χ3n) is 2.43. The normalized spacial score (nSPS) is 10.2. The molecular weight excluding hydrogens is 333 g/mol. The van der Waals surface area contributed by atoms with Crippen molar-refractivity contribution >= 4 is 21.6 Å². The van der Waals surface area contributed by atoms with Crippen molar-refractivity contribution in [2.75, 3.05) is 7.11 Å². The molecule has 0 atom stereocenters. The second-order valence-corrected chi connectivity index (χ2v) is 4.71. The molecule has 0 radical (unpaired) electrons. The van der Waals surface area contributed by atoms with Crippen LogP contribution in [0, 0.1) is 15.9 Å². The highest BCUT2D eigenvalue weighted by atomic mass is 79.9. The molecule has 0 unspecified atom stereocenters. The monoisotopic (exact) mass is 341 g/mol. The van der Waals surface area contributed by atoms with Gasteiger partial charge >= 0.3 is 5.69 Å². The lowest BCUT2D eigenvalue weighted by Crippen LogP contribution is -1.95. The summed E-state index contributed by atoms with van der Waals surface area (Å²) in [6.07, 6.45) is 0. The van der Waals surface area contributed by atoms with Crippen molar-refractivity contribution in [1.29, 1.82) is 0 Å². The molecule has 0 bridgehead atoms. The Kier molecular flexibility index (Phi) is 4.19. The average molecular weight is 342 g/mol. The second-order valence-electron chi connectivity index (χ2n) is 3.80. The van der Waals surface area contributed by atoms with E-state index < -0.39 is 10.7 Å². The van der Waals surface area contributed by atoms with Crippen molar-refractivity contribution in [2.45, 2.75) is 0 Å². The fraction of sp³-hybridized carbons (Fsp3) is 0.0769. The van der Waals surface area contributed by atoms with Crippen molar-refractivity contribution in [1.82, 2.24) is 0 Å². The molecule has 0 amide bonds. The van der Waals surface area contributed by atoms with Gasteiger partial charge in [0, 0.05) is 10.5 Å². The topological polar surface area (TPSA) is 61.6 Å². The number of rotatable bonds is 4. The predicted octanol–water partition coefficient (Wildman–Crippen LogP) is 4.30. The van der Waals surface area contributed by atoms with Gasteiger partial charge in [0.1, 0.15) is 17.3 Å². The van der Waals surface area contributed by atoms with Gasteiger partial charge in [0.15, 0.2) is 0 Å². The molecule has 5 nitrogen and oxygen atoms in total. The second kappa shape index (κ2) is 5.87. The third-order valence-corrected chi connectivity index (χ3v) is 2.88. The van der Waals surface area contributed by atoms with Gasteiger partial charge in [-0.25, -0.2) is 4.39 Å². The van der Waals surface area contributed by atoms with E-state index >= 15 is 0 Å². The van der Waals surface area contributed by atoms with Crippen LogP contribution in [0.3, 0.4) is 0 Å². The zero-order valence-corrected chi connectivity index (χ0v) is 11.9. The molecular formula is C13H9BrFNO4. The molecule has 0 heterocycles. The van der Waals surface area contributed by atoms with Gasteiger partial charge in [0.25, 0.3) is 0 Å². The minimum Gasteiger partial charge on any atom is -0.496 e. The lowest BCUT2D eigenvalue weighted by atomic mass is 10.2. The molecule has 2 rings (SSSR count). The van der Waals surface area contributed by atoms with Crippen molar-refractivity contribution in [3.05, 3.63) is 56.8 Å². The number of halogens is 2. The Balaban J connectivity index is 2.39. The van der Waals surface area contributed by atoms with E-state index in [1.807, 2.05) is 0 Å². The Morgan fingerprint density at radius 3 is 2.55 bits per heavy atom. The number of hydrogen-bond acceptors (Lipinski definition) is 4. The van der Waals surface area contributed by atoms with Gasteiger partial charge in [0.2, 0.25) is 5.75 Å². The van der Waals surface area contributed by atoms with E-state index in [9.17, 15) is 14.5 Å². The van der Waals surface area contributed by atoms with E-state index in [1.165, 1.54) is 37.4 Å². The van der Waals surface area contributed by atoms with Gasteiger partial charge in [-0.3, -0.25) is 10.1 Å². The fourth-order valence-corrected chi connectivity index (χ4v) is 2.01. The van der Waals surface area contributed by atoms with Crippen LogP contribution in [0.5, 0.6) is 17.2 Å². The summed E-state index contributed by atoms with van der Waals surface area (Å²) in [5, 5.41) is 11.0. The van der Waals surface area contributed by atoms with Crippen LogP contribution in [0.2, 0.25) is 0 Å². The van der Waals surface area contributed by atoms with E-state index in [4.69, 9.17) is 9.47 Å². The maximum absolute atomic E-state index is 13.2. The molecule has 104 valence electrons. The summed E-state index contributed by atoms with van der Waals surface area (Å²) in [5.41, 5.74) is -0.260. The summed E-state index contributed by atoms with van der Waals surface area (Å²) < 4.78 is 24.0. The Hall–Kier alpha value is -2.15. The molecule has 0 aliphatic rings. The Labute approximate surface area is 122 Å². The molecule has 20 heavy (non-hydrogen) atoms. The standard InChI is InChI=1S/C13H9BrFNO4/c1-19-10-2-3-13(12(7-10)16(17)18)20-11-5-8(14)4-9(15)6-11/h2-7H,1H3. The first-order chi connectivity index (χ1) is 9.49. The largest absolute Gasteiger partial charge is 0.496 e. The van der Waals surface area contributed by atoms with Gasteiger partial charge in [-0.2, -0.15) is 0 Å². The maximum Gasteiger partial charge on any atom is 0.315 e. The first-order valence-electron chi connectivity index (χ1n) is 5.46. The highest BCUT2D eigenvalue weighted by Crippen LogP contribution is 2.35. The average Bonchev–Trinajstić information content (AvgIpc) is 2.37. The van der Waals surface area contributed by atoms with Crippen LogP contribution in [-0.4, -0.2) is 12.0 Å². The molecule has 7 heteroatoms. The summed E-state index contributed by atoms with van der Waals surface area (Å²) in [7, 11) is 1.41. The highest BCUT2D eigenvalue weighted by Gasteiger charge is 2.17. The van der Waals surface area contributed by atoms with Crippen molar-refractivity contribution < 1.29 is 18.8 Å². The Morgan fingerprint density at radius 1 is 1.20 bits per heavy atom. The number of hydrogen-bond donors (Lipinski definition) is 0. The number of methoxy groups -OCH3 is 1. The smallest absolute Gasteiger partial charge is 0.315 e. The molecule has 2 aromatic rings.